The Morgan fingerprint density at radius 1 is 1.14 bits per heavy atom. The molecule has 2 atom stereocenters. The normalized spacial score (nSPS) is 13.7. The van der Waals surface area contributed by atoms with Crippen LogP contribution in [0.3, 0.4) is 0 Å². The summed E-state index contributed by atoms with van der Waals surface area (Å²) >= 11 is 0. The lowest BCUT2D eigenvalue weighted by Crippen LogP contribution is -2.18. The lowest BCUT2D eigenvalue weighted by molar-refractivity contribution is 0.224. The molecule has 21 heavy (non-hydrogen) atoms. The molecule has 0 spiro atoms. The van der Waals surface area contributed by atoms with Crippen LogP contribution < -0.4 is 5.32 Å². The van der Waals surface area contributed by atoms with Gasteiger partial charge in [-0.05, 0) is 36.5 Å². The number of hydrogen-bond donors (Lipinski definition) is 2. The molecule has 0 fully saturated rings. The maximum Gasteiger partial charge on any atom is 0.222 e. The second kappa shape index (κ2) is 7.74. The minimum Gasteiger partial charge on any atom is -0.396 e. The van der Waals surface area contributed by atoms with E-state index in [1.165, 1.54) is 11.1 Å². The summed E-state index contributed by atoms with van der Waals surface area (Å²) in [5, 5.41) is 12.6. The Morgan fingerprint density at radius 2 is 1.86 bits per heavy atom. The van der Waals surface area contributed by atoms with Gasteiger partial charge in [0.15, 0.2) is 0 Å². The Bertz CT molecular complexity index is 545. The molecule has 0 saturated carbocycles. The number of nitrogens with zero attached hydrogens (tertiary/aromatic N) is 2. The van der Waals surface area contributed by atoms with Gasteiger partial charge in [0.05, 0.1) is 0 Å². The van der Waals surface area contributed by atoms with Crippen molar-refractivity contribution in [3.8, 4) is 0 Å². The first kappa shape index (κ1) is 15.4. The number of anilines is 1. The number of aryl methyl sites for hydroxylation is 1. The summed E-state index contributed by atoms with van der Waals surface area (Å²) in [7, 11) is 0. The van der Waals surface area contributed by atoms with Crippen LogP contribution in [0.4, 0.5) is 5.95 Å². The second-order valence-corrected chi connectivity index (χ2v) is 5.53. The average molecular weight is 285 g/mol. The highest BCUT2D eigenvalue weighted by molar-refractivity contribution is 5.32. The number of benzene rings is 1. The summed E-state index contributed by atoms with van der Waals surface area (Å²) in [5.41, 5.74) is 2.60. The van der Waals surface area contributed by atoms with Crippen LogP contribution in [0.5, 0.6) is 0 Å². The van der Waals surface area contributed by atoms with E-state index >= 15 is 0 Å². The summed E-state index contributed by atoms with van der Waals surface area (Å²) in [6.45, 7) is 5.18. The SMILES string of the molecule is Cc1ccccc1C(CNc1ncccn1)CC(C)CO. The standard InChI is InChI=1S/C17H23N3O/c1-13(12-21)10-15(16-7-4-3-6-14(16)2)11-20-17-18-8-5-9-19-17/h3-9,13,15,21H,10-12H2,1-2H3,(H,18,19,20). The molecule has 0 aliphatic carbocycles. The fourth-order valence-corrected chi connectivity index (χ4v) is 2.53. The lowest BCUT2D eigenvalue weighted by Gasteiger charge is -2.22. The third kappa shape index (κ3) is 4.53. The van der Waals surface area contributed by atoms with Gasteiger partial charge in [0.2, 0.25) is 5.95 Å². The summed E-state index contributed by atoms with van der Waals surface area (Å²) in [6, 6.07) is 10.2. The van der Waals surface area contributed by atoms with Crippen LogP contribution in [0, 0.1) is 12.8 Å². The molecule has 1 heterocycles. The zero-order valence-electron chi connectivity index (χ0n) is 12.7. The molecule has 112 valence electrons. The fourth-order valence-electron chi connectivity index (χ4n) is 2.53. The first-order valence-electron chi connectivity index (χ1n) is 7.38. The Morgan fingerprint density at radius 3 is 2.52 bits per heavy atom. The van der Waals surface area contributed by atoms with E-state index in [-0.39, 0.29) is 12.5 Å². The maximum atomic E-state index is 9.34. The number of hydrogen-bond acceptors (Lipinski definition) is 4. The van der Waals surface area contributed by atoms with Gasteiger partial charge in [-0.2, -0.15) is 0 Å². The fraction of sp³-hybridized carbons (Fsp3) is 0.412. The zero-order chi connectivity index (χ0) is 15.1. The zero-order valence-corrected chi connectivity index (χ0v) is 12.7. The molecular weight excluding hydrogens is 262 g/mol. The molecule has 2 N–H and O–H groups in total. The van der Waals surface area contributed by atoms with Crippen LogP contribution in [0.2, 0.25) is 0 Å². The first-order valence-corrected chi connectivity index (χ1v) is 7.38. The molecule has 0 aliphatic rings. The minimum atomic E-state index is 0.213. The molecule has 2 aromatic rings. The van der Waals surface area contributed by atoms with Crippen molar-refractivity contribution >= 4 is 5.95 Å². The van der Waals surface area contributed by atoms with E-state index in [9.17, 15) is 5.11 Å². The molecule has 0 aliphatic heterocycles. The van der Waals surface area contributed by atoms with E-state index in [0.29, 0.717) is 11.9 Å². The van der Waals surface area contributed by atoms with E-state index in [2.05, 4.69) is 53.4 Å². The average Bonchev–Trinajstić information content (AvgIpc) is 2.53. The number of aliphatic hydroxyl groups excluding tert-OH is 1. The van der Waals surface area contributed by atoms with E-state index in [4.69, 9.17) is 0 Å². The quantitative estimate of drug-likeness (QED) is 0.821. The third-order valence-corrected chi connectivity index (χ3v) is 3.70. The van der Waals surface area contributed by atoms with Crippen LogP contribution in [-0.4, -0.2) is 28.2 Å². The topological polar surface area (TPSA) is 58.0 Å². The van der Waals surface area contributed by atoms with Crippen molar-refractivity contribution in [1.82, 2.24) is 9.97 Å². The van der Waals surface area contributed by atoms with Crippen LogP contribution in [-0.2, 0) is 0 Å². The number of aromatic nitrogens is 2. The highest BCUT2D eigenvalue weighted by atomic mass is 16.3. The lowest BCUT2D eigenvalue weighted by atomic mass is 9.87. The third-order valence-electron chi connectivity index (χ3n) is 3.70. The smallest absolute Gasteiger partial charge is 0.222 e. The van der Waals surface area contributed by atoms with Crippen molar-refractivity contribution in [2.75, 3.05) is 18.5 Å². The molecule has 4 heteroatoms. The minimum absolute atomic E-state index is 0.213. The van der Waals surface area contributed by atoms with Crippen LogP contribution >= 0.6 is 0 Å². The second-order valence-electron chi connectivity index (χ2n) is 5.53. The summed E-state index contributed by atoms with van der Waals surface area (Å²) in [5.74, 6) is 1.25. The van der Waals surface area contributed by atoms with Crippen molar-refractivity contribution in [1.29, 1.82) is 0 Å². The van der Waals surface area contributed by atoms with Gasteiger partial charge in [0.25, 0.3) is 0 Å². The molecule has 0 bridgehead atoms. The highest BCUT2D eigenvalue weighted by Gasteiger charge is 2.17. The summed E-state index contributed by atoms with van der Waals surface area (Å²) < 4.78 is 0. The highest BCUT2D eigenvalue weighted by Crippen LogP contribution is 2.26. The van der Waals surface area contributed by atoms with Gasteiger partial charge in [-0.1, -0.05) is 31.2 Å². The first-order chi connectivity index (χ1) is 10.2. The van der Waals surface area contributed by atoms with Gasteiger partial charge >= 0.3 is 0 Å². The molecule has 1 aromatic heterocycles. The molecule has 0 amide bonds. The van der Waals surface area contributed by atoms with Gasteiger partial charge < -0.3 is 10.4 Å². The van der Waals surface area contributed by atoms with E-state index < -0.39 is 0 Å². The molecule has 0 saturated heterocycles. The molecule has 2 unspecified atom stereocenters. The molecular formula is C17H23N3O. The maximum absolute atomic E-state index is 9.34. The van der Waals surface area contributed by atoms with Crippen molar-refractivity contribution in [3.63, 3.8) is 0 Å². The number of aliphatic hydroxyl groups is 1. The largest absolute Gasteiger partial charge is 0.396 e. The van der Waals surface area contributed by atoms with E-state index in [0.717, 1.165) is 13.0 Å². The summed E-state index contributed by atoms with van der Waals surface area (Å²) in [6.07, 6.45) is 4.39. The molecule has 1 aromatic carbocycles. The van der Waals surface area contributed by atoms with Gasteiger partial charge in [-0.25, -0.2) is 9.97 Å². The Hall–Kier alpha value is -1.94. The van der Waals surface area contributed by atoms with Gasteiger partial charge in [-0.15, -0.1) is 0 Å². The summed E-state index contributed by atoms with van der Waals surface area (Å²) in [4.78, 5) is 8.39. The van der Waals surface area contributed by atoms with Crippen LogP contribution in [0.25, 0.3) is 0 Å². The van der Waals surface area contributed by atoms with Crippen molar-refractivity contribution < 1.29 is 5.11 Å². The van der Waals surface area contributed by atoms with Crippen LogP contribution in [0.1, 0.15) is 30.4 Å². The van der Waals surface area contributed by atoms with E-state index in [1.54, 1.807) is 18.5 Å². The van der Waals surface area contributed by atoms with Crippen LogP contribution in [0.15, 0.2) is 42.7 Å². The van der Waals surface area contributed by atoms with Crippen molar-refractivity contribution in [2.24, 2.45) is 5.92 Å². The van der Waals surface area contributed by atoms with Gasteiger partial charge in [0.1, 0.15) is 0 Å². The number of nitrogens with one attached hydrogen (secondary N) is 1. The van der Waals surface area contributed by atoms with Crippen molar-refractivity contribution in [2.45, 2.75) is 26.2 Å². The Labute approximate surface area is 126 Å². The molecule has 2 rings (SSSR count). The Kier molecular flexibility index (Phi) is 5.69. The molecule has 0 radical (unpaired) electrons. The monoisotopic (exact) mass is 285 g/mol. The predicted molar refractivity (Wildman–Crippen MR) is 85.3 cm³/mol. The van der Waals surface area contributed by atoms with Gasteiger partial charge in [0, 0.05) is 31.5 Å². The van der Waals surface area contributed by atoms with Crippen molar-refractivity contribution in [3.05, 3.63) is 53.9 Å². The predicted octanol–water partition coefficient (Wildman–Crippen LogP) is 3.00. The molecule has 4 nitrogen and oxygen atoms in total. The Balaban J connectivity index is 2.11. The number of rotatable bonds is 7. The van der Waals surface area contributed by atoms with E-state index in [1.807, 2.05) is 0 Å². The van der Waals surface area contributed by atoms with Gasteiger partial charge in [-0.3, -0.25) is 0 Å².